The van der Waals surface area contributed by atoms with E-state index in [9.17, 15) is 13.2 Å². The van der Waals surface area contributed by atoms with E-state index in [1.165, 1.54) is 27.7 Å². The molecule has 0 bridgehead atoms. The summed E-state index contributed by atoms with van der Waals surface area (Å²) in [7, 11) is -3.60. The van der Waals surface area contributed by atoms with Gasteiger partial charge in [-0.3, -0.25) is 4.79 Å². The largest absolute Gasteiger partial charge is 0.394 e. The molecular weight excluding hydrogens is 206 g/mol. The van der Waals surface area contributed by atoms with Crippen LogP contribution in [0, 0.1) is 0 Å². The van der Waals surface area contributed by atoms with Crippen LogP contribution in [0.15, 0.2) is 0 Å². The molecule has 6 heteroatoms. The van der Waals surface area contributed by atoms with Crippen molar-refractivity contribution in [1.82, 2.24) is 4.31 Å². The molecule has 1 fully saturated rings. The molecule has 82 valence electrons. The van der Waals surface area contributed by atoms with Crippen LogP contribution in [0.2, 0.25) is 0 Å². The molecule has 0 atom stereocenters. The minimum absolute atomic E-state index is 0.381. The molecule has 1 aliphatic heterocycles. The molecule has 0 aliphatic carbocycles. The summed E-state index contributed by atoms with van der Waals surface area (Å²) in [6.07, 6.45) is 0. The van der Waals surface area contributed by atoms with Crippen LogP contribution < -0.4 is 0 Å². The number of amides is 1. The Bertz CT molecular complexity index is 369. The van der Waals surface area contributed by atoms with Crippen molar-refractivity contribution in [3.8, 4) is 0 Å². The number of carbonyl (C=O) groups is 1. The van der Waals surface area contributed by atoms with E-state index in [0.717, 1.165) is 4.31 Å². The summed E-state index contributed by atoms with van der Waals surface area (Å²) in [5.74, 6) is -0.462. The summed E-state index contributed by atoms with van der Waals surface area (Å²) < 4.78 is 22.8. The highest BCUT2D eigenvalue weighted by molar-refractivity contribution is 7.94. The maximum Gasteiger partial charge on any atom is 0.259 e. The summed E-state index contributed by atoms with van der Waals surface area (Å²) in [4.78, 5) is 11.5. The first-order valence-corrected chi connectivity index (χ1v) is 5.73. The Balaban J connectivity index is 3.16. The van der Waals surface area contributed by atoms with Crippen LogP contribution in [-0.4, -0.2) is 40.6 Å². The van der Waals surface area contributed by atoms with E-state index in [4.69, 9.17) is 5.11 Å². The average Bonchev–Trinajstić information content (AvgIpc) is 2.03. The van der Waals surface area contributed by atoms with Crippen molar-refractivity contribution in [1.29, 1.82) is 0 Å². The fourth-order valence-corrected chi connectivity index (χ4v) is 3.11. The van der Waals surface area contributed by atoms with E-state index < -0.39 is 26.2 Å². The second-order valence-electron chi connectivity index (χ2n) is 4.56. The first-order chi connectivity index (χ1) is 6.09. The van der Waals surface area contributed by atoms with Crippen LogP contribution in [0.25, 0.3) is 0 Å². The third kappa shape index (κ3) is 1.10. The van der Waals surface area contributed by atoms with E-state index >= 15 is 0 Å². The number of sulfonamides is 1. The molecule has 1 amide bonds. The standard InChI is InChI=1S/C8H15NO4S/c1-7(2,5-10)9-6(11)8(3,4)14(9,12)13/h10H,5H2,1-4H3. The molecular formula is C8H15NO4S. The average molecular weight is 221 g/mol. The van der Waals surface area contributed by atoms with Crippen LogP contribution in [0.5, 0.6) is 0 Å². The van der Waals surface area contributed by atoms with E-state index in [1.807, 2.05) is 0 Å². The Kier molecular flexibility index (Phi) is 2.21. The molecule has 1 N–H and O–H groups in total. The predicted octanol–water partition coefficient (Wildman–Crippen LogP) is -0.292. The molecule has 0 aromatic rings. The van der Waals surface area contributed by atoms with Crippen molar-refractivity contribution in [2.24, 2.45) is 0 Å². The number of aliphatic hydroxyl groups excluding tert-OH is 1. The van der Waals surface area contributed by atoms with Gasteiger partial charge >= 0.3 is 0 Å². The number of hydrogen-bond donors (Lipinski definition) is 1. The van der Waals surface area contributed by atoms with Gasteiger partial charge in [0.2, 0.25) is 0 Å². The number of nitrogens with zero attached hydrogens (tertiary/aromatic N) is 1. The van der Waals surface area contributed by atoms with Gasteiger partial charge in [0, 0.05) is 0 Å². The quantitative estimate of drug-likeness (QED) is 0.695. The maximum atomic E-state index is 11.7. The number of rotatable bonds is 2. The highest BCUT2D eigenvalue weighted by atomic mass is 32.2. The predicted molar refractivity (Wildman–Crippen MR) is 51.0 cm³/mol. The molecule has 0 radical (unpaired) electrons. The molecule has 5 nitrogen and oxygen atoms in total. The van der Waals surface area contributed by atoms with Gasteiger partial charge in [0.15, 0.2) is 4.75 Å². The molecule has 0 aromatic heterocycles. The molecule has 0 spiro atoms. The van der Waals surface area contributed by atoms with Crippen molar-refractivity contribution in [2.75, 3.05) is 6.61 Å². The van der Waals surface area contributed by atoms with Gasteiger partial charge in [-0.25, -0.2) is 12.7 Å². The van der Waals surface area contributed by atoms with Gasteiger partial charge < -0.3 is 5.11 Å². The zero-order valence-corrected chi connectivity index (χ0v) is 9.55. The summed E-state index contributed by atoms with van der Waals surface area (Å²) in [6.45, 7) is 5.38. The fraction of sp³-hybridized carbons (Fsp3) is 0.875. The Hall–Kier alpha value is -0.620. The van der Waals surface area contributed by atoms with Gasteiger partial charge in [-0.2, -0.15) is 0 Å². The maximum absolute atomic E-state index is 11.7. The lowest BCUT2D eigenvalue weighted by molar-refractivity contribution is -0.137. The van der Waals surface area contributed by atoms with Crippen LogP contribution in [0.4, 0.5) is 0 Å². The summed E-state index contributed by atoms with van der Waals surface area (Å²) in [5, 5.41) is 8.99. The monoisotopic (exact) mass is 221 g/mol. The number of hydrogen-bond acceptors (Lipinski definition) is 4. The Labute approximate surface area is 83.8 Å². The van der Waals surface area contributed by atoms with Gasteiger partial charge in [-0.15, -0.1) is 0 Å². The minimum atomic E-state index is -3.60. The van der Waals surface area contributed by atoms with E-state index in [1.54, 1.807) is 0 Å². The molecule has 1 aliphatic rings. The molecule has 1 rings (SSSR count). The topological polar surface area (TPSA) is 74.7 Å². The Morgan fingerprint density at radius 2 is 1.86 bits per heavy atom. The van der Waals surface area contributed by atoms with Gasteiger partial charge in [0.25, 0.3) is 15.9 Å². The second kappa shape index (κ2) is 2.70. The molecule has 0 aromatic carbocycles. The van der Waals surface area contributed by atoms with Crippen LogP contribution in [0.3, 0.4) is 0 Å². The van der Waals surface area contributed by atoms with Gasteiger partial charge in [-0.1, -0.05) is 0 Å². The highest BCUT2D eigenvalue weighted by Crippen LogP contribution is 2.39. The normalized spacial score (nSPS) is 24.6. The number of aliphatic hydroxyl groups is 1. The van der Waals surface area contributed by atoms with Crippen molar-refractivity contribution in [3.63, 3.8) is 0 Å². The van der Waals surface area contributed by atoms with Gasteiger partial charge in [0.1, 0.15) is 0 Å². The van der Waals surface area contributed by atoms with Crippen molar-refractivity contribution in [3.05, 3.63) is 0 Å². The molecule has 0 unspecified atom stereocenters. The first-order valence-electron chi connectivity index (χ1n) is 4.29. The molecule has 1 saturated heterocycles. The van der Waals surface area contributed by atoms with Gasteiger partial charge in [0.05, 0.1) is 12.1 Å². The Morgan fingerprint density at radius 1 is 1.43 bits per heavy atom. The Morgan fingerprint density at radius 3 is 2.14 bits per heavy atom. The van der Waals surface area contributed by atoms with E-state index in [-0.39, 0.29) is 6.61 Å². The summed E-state index contributed by atoms with van der Waals surface area (Å²) in [6, 6.07) is 0. The summed E-state index contributed by atoms with van der Waals surface area (Å²) >= 11 is 0. The molecule has 1 heterocycles. The lowest BCUT2D eigenvalue weighted by Gasteiger charge is -2.50. The zero-order valence-electron chi connectivity index (χ0n) is 8.73. The summed E-state index contributed by atoms with van der Waals surface area (Å²) in [5.41, 5.74) is -1.05. The molecule has 0 saturated carbocycles. The zero-order chi connectivity index (χ0) is 11.4. The second-order valence-corrected chi connectivity index (χ2v) is 6.89. The lowest BCUT2D eigenvalue weighted by atomic mass is 10.0. The molecule has 14 heavy (non-hydrogen) atoms. The third-order valence-corrected chi connectivity index (χ3v) is 5.13. The van der Waals surface area contributed by atoms with Crippen LogP contribution in [-0.2, 0) is 14.8 Å². The SMILES string of the molecule is CC(C)(CO)N1C(=O)C(C)(C)S1(=O)=O. The number of carbonyl (C=O) groups excluding carboxylic acids is 1. The third-order valence-electron chi connectivity index (χ3n) is 2.52. The highest BCUT2D eigenvalue weighted by Gasteiger charge is 2.64. The fourth-order valence-electron chi connectivity index (χ4n) is 1.32. The van der Waals surface area contributed by atoms with Crippen LogP contribution in [0.1, 0.15) is 27.7 Å². The smallest absolute Gasteiger partial charge is 0.259 e. The van der Waals surface area contributed by atoms with Crippen molar-refractivity contribution in [2.45, 2.75) is 38.0 Å². The van der Waals surface area contributed by atoms with E-state index in [2.05, 4.69) is 0 Å². The van der Waals surface area contributed by atoms with Crippen LogP contribution >= 0.6 is 0 Å². The van der Waals surface area contributed by atoms with Crippen molar-refractivity contribution >= 4 is 15.9 Å². The minimum Gasteiger partial charge on any atom is -0.394 e. The van der Waals surface area contributed by atoms with E-state index in [0.29, 0.717) is 0 Å². The first kappa shape index (κ1) is 11.5. The van der Waals surface area contributed by atoms with Crippen molar-refractivity contribution < 1.29 is 18.3 Å². The lowest BCUT2D eigenvalue weighted by Crippen LogP contribution is -2.73. The van der Waals surface area contributed by atoms with Gasteiger partial charge in [-0.05, 0) is 27.7 Å².